The Morgan fingerprint density at radius 3 is 2.95 bits per heavy atom. The number of hydrogen-bond acceptors (Lipinski definition) is 2. The fourth-order valence-electron chi connectivity index (χ4n) is 2.31. The Morgan fingerprint density at radius 1 is 1.58 bits per heavy atom. The Kier molecular flexibility index (Phi) is 6.63. The molecule has 1 heterocycles. The zero-order valence-corrected chi connectivity index (χ0v) is 12.6. The topological polar surface area (TPSA) is 41.1 Å². The molecule has 0 aliphatic carbocycles. The van der Waals surface area contributed by atoms with E-state index in [4.69, 9.17) is 11.6 Å². The molecule has 0 bridgehead atoms. The van der Waals surface area contributed by atoms with Crippen LogP contribution in [-0.2, 0) is 4.79 Å². The van der Waals surface area contributed by atoms with Crippen LogP contribution in [0.5, 0.6) is 0 Å². The minimum Gasteiger partial charge on any atom is -0.349 e. The van der Waals surface area contributed by atoms with Crippen LogP contribution in [-0.4, -0.2) is 19.0 Å². The maximum atomic E-state index is 12.1. The molecular weight excluding hydrogens is 283 g/mol. The minimum atomic E-state index is 0. The van der Waals surface area contributed by atoms with Crippen LogP contribution in [0.3, 0.4) is 0 Å². The van der Waals surface area contributed by atoms with Crippen LogP contribution in [0.15, 0.2) is 24.3 Å². The fourth-order valence-corrected chi connectivity index (χ4v) is 2.51. The normalized spacial score (nSPS) is 19.6. The van der Waals surface area contributed by atoms with Crippen molar-refractivity contribution in [2.24, 2.45) is 5.92 Å². The third-order valence-electron chi connectivity index (χ3n) is 3.41. The Labute approximate surface area is 125 Å². The van der Waals surface area contributed by atoms with Crippen molar-refractivity contribution in [2.45, 2.75) is 25.8 Å². The smallest absolute Gasteiger partial charge is 0.224 e. The number of benzene rings is 1. The van der Waals surface area contributed by atoms with Gasteiger partial charge in [0.2, 0.25) is 5.91 Å². The summed E-state index contributed by atoms with van der Waals surface area (Å²) in [4.78, 5) is 12.1. The highest BCUT2D eigenvalue weighted by molar-refractivity contribution is 6.30. The van der Waals surface area contributed by atoms with Crippen LogP contribution in [0.25, 0.3) is 0 Å². The molecule has 1 aromatic rings. The molecule has 2 N–H and O–H groups in total. The summed E-state index contributed by atoms with van der Waals surface area (Å²) in [6.07, 6.45) is 1.80. The van der Waals surface area contributed by atoms with E-state index in [1.807, 2.05) is 24.3 Å². The van der Waals surface area contributed by atoms with Crippen molar-refractivity contribution < 1.29 is 4.79 Å². The van der Waals surface area contributed by atoms with Crippen LogP contribution in [0, 0.1) is 5.92 Å². The van der Waals surface area contributed by atoms with Crippen LogP contribution in [0.4, 0.5) is 0 Å². The van der Waals surface area contributed by atoms with Gasteiger partial charge >= 0.3 is 0 Å². The summed E-state index contributed by atoms with van der Waals surface area (Å²) in [6, 6.07) is 7.75. The average molecular weight is 303 g/mol. The quantitative estimate of drug-likeness (QED) is 0.898. The van der Waals surface area contributed by atoms with Gasteiger partial charge in [-0.1, -0.05) is 30.7 Å². The van der Waals surface area contributed by atoms with Gasteiger partial charge in [0, 0.05) is 11.6 Å². The summed E-state index contributed by atoms with van der Waals surface area (Å²) in [5.74, 6) is 0.255. The van der Waals surface area contributed by atoms with E-state index in [1.54, 1.807) is 0 Å². The third-order valence-corrected chi connectivity index (χ3v) is 3.64. The van der Waals surface area contributed by atoms with Crippen molar-refractivity contribution in [1.82, 2.24) is 10.6 Å². The summed E-state index contributed by atoms with van der Waals surface area (Å²) >= 11 is 5.99. The molecule has 2 unspecified atom stereocenters. The summed E-state index contributed by atoms with van der Waals surface area (Å²) in [5, 5.41) is 7.04. The highest BCUT2D eigenvalue weighted by atomic mass is 35.5. The lowest BCUT2D eigenvalue weighted by molar-refractivity contribution is -0.125. The van der Waals surface area contributed by atoms with Gasteiger partial charge < -0.3 is 10.6 Å². The van der Waals surface area contributed by atoms with Gasteiger partial charge in [-0.15, -0.1) is 12.4 Å². The molecule has 3 nitrogen and oxygen atoms in total. The molecule has 106 valence electrons. The molecule has 0 saturated carbocycles. The SMILES string of the molecule is CCC(NC(=O)C1CCNC1)c1cccc(Cl)c1.Cl. The molecule has 1 aliphatic heterocycles. The van der Waals surface area contributed by atoms with Crippen LogP contribution in [0.1, 0.15) is 31.4 Å². The number of carbonyl (C=O) groups is 1. The zero-order valence-electron chi connectivity index (χ0n) is 11.0. The van der Waals surface area contributed by atoms with Gasteiger partial charge in [0.25, 0.3) is 0 Å². The van der Waals surface area contributed by atoms with Gasteiger partial charge in [0.1, 0.15) is 0 Å². The molecule has 0 radical (unpaired) electrons. The number of halogens is 2. The number of amides is 1. The van der Waals surface area contributed by atoms with Crippen molar-refractivity contribution in [1.29, 1.82) is 0 Å². The number of hydrogen-bond donors (Lipinski definition) is 2. The lowest BCUT2D eigenvalue weighted by Gasteiger charge is -2.20. The maximum Gasteiger partial charge on any atom is 0.224 e. The second-order valence-corrected chi connectivity index (χ2v) is 5.15. The lowest BCUT2D eigenvalue weighted by atomic mass is 10.0. The first-order valence-electron chi connectivity index (χ1n) is 6.47. The van der Waals surface area contributed by atoms with Gasteiger partial charge in [-0.25, -0.2) is 0 Å². The van der Waals surface area contributed by atoms with Gasteiger partial charge in [-0.05, 0) is 37.1 Å². The van der Waals surface area contributed by atoms with E-state index < -0.39 is 0 Å². The van der Waals surface area contributed by atoms with Crippen molar-refractivity contribution in [2.75, 3.05) is 13.1 Å². The molecule has 2 atom stereocenters. The number of nitrogens with one attached hydrogen (secondary N) is 2. The van der Waals surface area contributed by atoms with Gasteiger partial charge in [-0.3, -0.25) is 4.79 Å². The van der Waals surface area contributed by atoms with Crippen molar-refractivity contribution in [3.63, 3.8) is 0 Å². The predicted octanol–water partition coefficient (Wildman–Crippen LogP) is 2.94. The number of carbonyl (C=O) groups excluding carboxylic acids is 1. The highest BCUT2D eigenvalue weighted by Crippen LogP contribution is 2.21. The van der Waals surface area contributed by atoms with Crippen molar-refractivity contribution in [3.8, 4) is 0 Å². The molecule has 1 fully saturated rings. The van der Waals surface area contributed by atoms with Gasteiger partial charge in [-0.2, -0.15) is 0 Å². The first kappa shape index (κ1) is 16.3. The lowest BCUT2D eigenvalue weighted by Crippen LogP contribution is -2.34. The monoisotopic (exact) mass is 302 g/mol. The number of rotatable bonds is 4. The molecule has 1 aliphatic rings. The molecule has 2 rings (SSSR count). The van der Waals surface area contributed by atoms with Crippen LogP contribution < -0.4 is 10.6 Å². The largest absolute Gasteiger partial charge is 0.349 e. The minimum absolute atomic E-state index is 0. The Morgan fingerprint density at radius 2 is 2.37 bits per heavy atom. The Balaban J connectivity index is 0.00000180. The molecule has 1 amide bonds. The molecule has 1 aromatic carbocycles. The summed E-state index contributed by atoms with van der Waals surface area (Å²) < 4.78 is 0. The Bertz CT molecular complexity index is 420. The molecule has 1 saturated heterocycles. The van der Waals surface area contributed by atoms with Crippen molar-refractivity contribution in [3.05, 3.63) is 34.9 Å². The maximum absolute atomic E-state index is 12.1. The third kappa shape index (κ3) is 4.37. The first-order chi connectivity index (χ1) is 8.70. The molecular formula is C14H20Cl2N2O. The first-order valence-corrected chi connectivity index (χ1v) is 6.85. The molecule has 0 aromatic heterocycles. The molecule has 0 spiro atoms. The van der Waals surface area contributed by atoms with Crippen LogP contribution in [0.2, 0.25) is 5.02 Å². The standard InChI is InChI=1S/C14H19ClN2O.ClH/c1-2-13(10-4-3-5-12(15)8-10)17-14(18)11-6-7-16-9-11;/h3-5,8,11,13,16H,2,6-7,9H2,1H3,(H,17,18);1H. The van der Waals surface area contributed by atoms with Crippen molar-refractivity contribution >= 4 is 29.9 Å². The van der Waals surface area contributed by atoms with E-state index in [-0.39, 0.29) is 30.3 Å². The van der Waals surface area contributed by atoms with E-state index in [2.05, 4.69) is 17.6 Å². The molecule has 5 heteroatoms. The van der Waals surface area contributed by atoms with E-state index >= 15 is 0 Å². The average Bonchev–Trinajstić information content (AvgIpc) is 2.89. The van der Waals surface area contributed by atoms with E-state index in [9.17, 15) is 4.79 Å². The van der Waals surface area contributed by atoms with Gasteiger partial charge in [0.05, 0.1) is 12.0 Å². The Hall–Kier alpha value is -0.770. The second kappa shape index (κ2) is 7.73. The zero-order chi connectivity index (χ0) is 13.0. The summed E-state index contributed by atoms with van der Waals surface area (Å²) in [5.41, 5.74) is 1.07. The van der Waals surface area contributed by atoms with E-state index in [0.29, 0.717) is 5.02 Å². The molecule has 19 heavy (non-hydrogen) atoms. The summed E-state index contributed by atoms with van der Waals surface area (Å²) in [6.45, 7) is 3.79. The van der Waals surface area contributed by atoms with Crippen LogP contribution >= 0.6 is 24.0 Å². The summed E-state index contributed by atoms with van der Waals surface area (Å²) in [7, 11) is 0. The van der Waals surface area contributed by atoms with E-state index in [0.717, 1.165) is 31.5 Å². The fraction of sp³-hybridized carbons (Fsp3) is 0.500. The second-order valence-electron chi connectivity index (χ2n) is 4.71. The highest BCUT2D eigenvalue weighted by Gasteiger charge is 2.24. The van der Waals surface area contributed by atoms with E-state index in [1.165, 1.54) is 0 Å². The van der Waals surface area contributed by atoms with Gasteiger partial charge in [0.15, 0.2) is 0 Å². The predicted molar refractivity (Wildman–Crippen MR) is 80.9 cm³/mol.